The van der Waals surface area contributed by atoms with Crippen molar-refractivity contribution in [3.8, 4) is 0 Å². The molecule has 0 bridgehead atoms. The number of aliphatic carboxylic acids is 1. The van der Waals surface area contributed by atoms with Gasteiger partial charge in [-0.2, -0.15) is 0 Å². The first-order valence-electron chi connectivity index (χ1n) is 3.52. The first-order chi connectivity index (χ1) is 5.06. The second-order valence-corrected chi connectivity index (χ2v) is 2.52. The fraction of sp³-hybridized carbons (Fsp3) is 0.714. The Kier molecular flexibility index (Phi) is 3.74. The fourth-order valence-electron chi connectivity index (χ4n) is 0.751. The summed E-state index contributed by atoms with van der Waals surface area (Å²) in [6, 6.07) is 0. The van der Waals surface area contributed by atoms with Gasteiger partial charge in [-0.1, -0.05) is 6.92 Å². The summed E-state index contributed by atoms with van der Waals surface area (Å²) in [4.78, 5) is 20.5. The molecule has 0 amide bonds. The molecule has 0 radical (unpaired) electrons. The van der Waals surface area contributed by atoms with E-state index in [1.807, 2.05) is 0 Å². The molecular formula is C7H13NO3. The van der Waals surface area contributed by atoms with Gasteiger partial charge in [-0.3, -0.25) is 4.79 Å². The minimum Gasteiger partial charge on any atom is -0.480 e. The van der Waals surface area contributed by atoms with Crippen LogP contribution in [0.2, 0.25) is 0 Å². The third kappa shape index (κ3) is 2.67. The molecule has 0 aliphatic rings. The van der Waals surface area contributed by atoms with Gasteiger partial charge >= 0.3 is 5.97 Å². The fourth-order valence-corrected chi connectivity index (χ4v) is 0.751. The Morgan fingerprint density at radius 2 is 2.27 bits per heavy atom. The van der Waals surface area contributed by atoms with E-state index in [4.69, 9.17) is 10.8 Å². The monoisotopic (exact) mass is 159 g/mol. The van der Waals surface area contributed by atoms with Crippen LogP contribution in [0.1, 0.15) is 26.2 Å². The van der Waals surface area contributed by atoms with E-state index < -0.39 is 11.5 Å². The first-order valence-corrected chi connectivity index (χ1v) is 3.52. The third-order valence-corrected chi connectivity index (χ3v) is 1.77. The van der Waals surface area contributed by atoms with E-state index in [1.54, 1.807) is 6.92 Å². The van der Waals surface area contributed by atoms with E-state index in [0.29, 0.717) is 12.7 Å². The average molecular weight is 159 g/mol. The number of carbonyl (C=O) groups excluding carboxylic acids is 1. The van der Waals surface area contributed by atoms with Crippen molar-refractivity contribution in [1.82, 2.24) is 0 Å². The van der Waals surface area contributed by atoms with Gasteiger partial charge in [0.1, 0.15) is 11.8 Å². The van der Waals surface area contributed by atoms with Gasteiger partial charge in [-0.05, 0) is 12.8 Å². The number of aldehydes is 1. The van der Waals surface area contributed by atoms with Gasteiger partial charge in [0.05, 0.1) is 0 Å². The van der Waals surface area contributed by atoms with E-state index in [0.717, 1.165) is 0 Å². The molecule has 0 aromatic carbocycles. The SMILES string of the molecule is CCC(N)(CCC=O)C(=O)O. The molecule has 0 aromatic heterocycles. The molecule has 0 aromatic rings. The summed E-state index contributed by atoms with van der Waals surface area (Å²) in [5.74, 6) is -1.04. The van der Waals surface area contributed by atoms with E-state index in [2.05, 4.69) is 0 Å². The molecule has 1 atom stereocenters. The summed E-state index contributed by atoms with van der Waals surface area (Å²) >= 11 is 0. The Hall–Kier alpha value is -0.900. The maximum atomic E-state index is 10.5. The standard InChI is InChI=1S/C7H13NO3/c1-2-7(8,6(10)11)4-3-5-9/h5H,2-4,8H2,1H3,(H,10,11). The topological polar surface area (TPSA) is 80.4 Å². The zero-order valence-electron chi connectivity index (χ0n) is 6.54. The second-order valence-electron chi connectivity index (χ2n) is 2.52. The van der Waals surface area contributed by atoms with Crippen molar-refractivity contribution >= 4 is 12.3 Å². The minimum atomic E-state index is -1.22. The van der Waals surface area contributed by atoms with E-state index in [-0.39, 0.29) is 12.8 Å². The molecule has 1 unspecified atom stereocenters. The van der Waals surface area contributed by atoms with Crippen molar-refractivity contribution in [2.24, 2.45) is 5.73 Å². The highest BCUT2D eigenvalue weighted by Crippen LogP contribution is 2.12. The van der Waals surface area contributed by atoms with Crippen molar-refractivity contribution in [3.63, 3.8) is 0 Å². The van der Waals surface area contributed by atoms with Crippen molar-refractivity contribution < 1.29 is 14.7 Å². The Bertz CT molecular complexity index is 158. The molecule has 0 aliphatic heterocycles. The quantitative estimate of drug-likeness (QED) is 0.560. The largest absolute Gasteiger partial charge is 0.480 e. The van der Waals surface area contributed by atoms with Crippen LogP contribution < -0.4 is 5.73 Å². The lowest BCUT2D eigenvalue weighted by atomic mass is 9.92. The molecule has 0 spiro atoms. The molecular weight excluding hydrogens is 146 g/mol. The number of carbonyl (C=O) groups is 2. The van der Waals surface area contributed by atoms with Crippen molar-refractivity contribution in [1.29, 1.82) is 0 Å². The number of hydrogen-bond donors (Lipinski definition) is 2. The first kappa shape index (κ1) is 10.1. The Labute approximate surface area is 65.4 Å². The van der Waals surface area contributed by atoms with Crippen molar-refractivity contribution in [2.45, 2.75) is 31.7 Å². The predicted molar refractivity (Wildman–Crippen MR) is 40.1 cm³/mol. The predicted octanol–water partition coefficient (Wildman–Crippen LogP) is 0.158. The lowest BCUT2D eigenvalue weighted by Crippen LogP contribution is -2.47. The van der Waals surface area contributed by atoms with Gasteiger partial charge < -0.3 is 15.6 Å². The summed E-state index contributed by atoms with van der Waals surface area (Å²) in [7, 11) is 0. The number of carboxylic acid groups (broad SMARTS) is 1. The molecule has 0 fully saturated rings. The maximum absolute atomic E-state index is 10.5. The molecule has 11 heavy (non-hydrogen) atoms. The highest BCUT2D eigenvalue weighted by molar-refractivity contribution is 5.78. The summed E-state index contributed by atoms with van der Waals surface area (Å²) in [5.41, 5.74) is 4.25. The number of carboxylic acids is 1. The highest BCUT2D eigenvalue weighted by atomic mass is 16.4. The molecule has 0 saturated carbocycles. The molecule has 0 rings (SSSR count). The summed E-state index contributed by atoms with van der Waals surface area (Å²) < 4.78 is 0. The number of nitrogens with two attached hydrogens (primary N) is 1. The summed E-state index contributed by atoms with van der Waals surface area (Å²) in [5, 5.41) is 8.62. The highest BCUT2D eigenvalue weighted by Gasteiger charge is 2.30. The Balaban J connectivity index is 4.09. The lowest BCUT2D eigenvalue weighted by Gasteiger charge is -2.21. The zero-order valence-corrected chi connectivity index (χ0v) is 6.54. The minimum absolute atomic E-state index is 0.205. The van der Waals surface area contributed by atoms with Crippen LogP contribution in [0.25, 0.3) is 0 Å². The second kappa shape index (κ2) is 4.08. The van der Waals surface area contributed by atoms with Crippen LogP contribution in [-0.2, 0) is 9.59 Å². The smallest absolute Gasteiger partial charge is 0.323 e. The molecule has 4 nitrogen and oxygen atoms in total. The van der Waals surface area contributed by atoms with Crippen LogP contribution in [-0.4, -0.2) is 22.9 Å². The molecule has 0 heterocycles. The molecule has 0 aliphatic carbocycles. The third-order valence-electron chi connectivity index (χ3n) is 1.77. The number of rotatable bonds is 5. The normalized spacial score (nSPS) is 15.5. The van der Waals surface area contributed by atoms with E-state index >= 15 is 0 Å². The van der Waals surface area contributed by atoms with Crippen LogP contribution in [0.3, 0.4) is 0 Å². The molecule has 0 saturated heterocycles. The maximum Gasteiger partial charge on any atom is 0.323 e. The van der Waals surface area contributed by atoms with Gasteiger partial charge in [0.2, 0.25) is 0 Å². The molecule has 3 N–H and O–H groups in total. The summed E-state index contributed by atoms with van der Waals surface area (Å²) in [6.45, 7) is 1.69. The average Bonchev–Trinajstić information content (AvgIpc) is 2.00. The van der Waals surface area contributed by atoms with Gasteiger partial charge in [0.15, 0.2) is 0 Å². The lowest BCUT2D eigenvalue weighted by molar-refractivity contribution is -0.143. The van der Waals surface area contributed by atoms with Crippen LogP contribution >= 0.6 is 0 Å². The van der Waals surface area contributed by atoms with Crippen molar-refractivity contribution in [3.05, 3.63) is 0 Å². The summed E-state index contributed by atoms with van der Waals surface area (Å²) in [6.07, 6.45) is 1.44. The van der Waals surface area contributed by atoms with Gasteiger partial charge in [-0.25, -0.2) is 0 Å². The zero-order chi connectivity index (χ0) is 8.91. The van der Waals surface area contributed by atoms with Crippen molar-refractivity contribution in [2.75, 3.05) is 0 Å². The van der Waals surface area contributed by atoms with Crippen LogP contribution in [0.5, 0.6) is 0 Å². The Morgan fingerprint density at radius 3 is 2.55 bits per heavy atom. The Morgan fingerprint density at radius 1 is 1.73 bits per heavy atom. The van der Waals surface area contributed by atoms with Crippen LogP contribution in [0.15, 0.2) is 0 Å². The van der Waals surface area contributed by atoms with Crippen LogP contribution in [0.4, 0.5) is 0 Å². The van der Waals surface area contributed by atoms with E-state index in [1.165, 1.54) is 0 Å². The van der Waals surface area contributed by atoms with Gasteiger partial charge in [-0.15, -0.1) is 0 Å². The van der Waals surface area contributed by atoms with Gasteiger partial charge in [0, 0.05) is 6.42 Å². The number of hydrogen-bond acceptors (Lipinski definition) is 3. The van der Waals surface area contributed by atoms with E-state index in [9.17, 15) is 9.59 Å². The molecule has 4 heteroatoms. The van der Waals surface area contributed by atoms with Crippen LogP contribution in [0, 0.1) is 0 Å². The van der Waals surface area contributed by atoms with Gasteiger partial charge in [0.25, 0.3) is 0 Å². The molecule has 64 valence electrons.